The third kappa shape index (κ3) is 2.65. The molecule has 1 nitrogen and oxygen atoms in total. The second-order valence-electron chi connectivity index (χ2n) is 5.25. The lowest BCUT2D eigenvalue weighted by molar-refractivity contribution is 0.104. The van der Waals surface area contributed by atoms with Gasteiger partial charge in [0.2, 0.25) is 5.78 Å². The minimum Gasteiger partial charge on any atom is -0.288 e. The minimum absolute atomic E-state index is 0.00420. The molecule has 0 aliphatic heterocycles. The fourth-order valence-corrected chi connectivity index (χ4v) is 2.81. The van der Waals surface area contributed by atoms with Crippen molar-refractivity contribution in [3.8, 4) is 0 Å². The molecule has 0 saturated carbocycles. The average Bonchev–Trinajstić information content (AvgIpc) is 2.73. The van der Waals surface area contributed by atoms with E-state index in [0.29, 0.717) is 15.5 Å². The first-order chi connectivity index (χ1) is 8.39. The third-order valence-corrected chi connectivity index (χ3v) is 4.18. The van der Waals surface area contributed by atoms with Crippen molar-refractivity contribution in [3.63, 3.8) is 0 Å². The van der Waals surface area contributed by atoms with Gasteiger partial charge in [0, 0.05) is 5.56 Å². The van der Waals surface area contributed by atoms with E-state index >= 15 is 0 Å². The number of carbonyl (C=O) groups is 1. The van der Waals surface area contributed by atoms with Crippen LogP contribution in [0.5, 0.6) is 0 Å². The van der Waals surface area contributed by atoms with Gasteiger partial charge in [0.15, 0.2) is 0 Å². The molecule has 1 aromatic carbocycles. The van der Waals surface area contributed by atoms with E-state index in [4.69, 9.17) is 11.6 Å². The number of hydrogen-bond donors (Lipinski definition) is 0. The molecule has 94 valence electrons. The standard InChI is InChI=1S/C15H15ClOS/c1-15(2,3)11-6-4-10(5-7-11)13(17)14-12(16)8-9-18-14/h4-9H,1-3H3. The zero-order valence-corrected chi connectivity index (χ0v) is 12.2. The van der Waals surface area contributed by atoms with Gasteiger partial charge in [-0.2, -0.15) is 0 Å². The van der Waals surface area contributed by atoms with Crippen molar-refractivity contribution >= 4 is 28.7 Å². The Labute approximate surface area is 116 Å². The van der Waals surface area contributed by atoms with Crippen LogP contribution in [0, 0.1) is 0 Å². The van der Waals surface area contributed by atoms with Crippen LogP contribution < -0.4 is 0 Å². The SMILES string of the molecule is CC(C)(C)c1ccc(C(=O)c2sccc2Cl)cc1. The number of ketones is 1. The molecule has 2 rings (SSSR count). The van der Waals surface area contributed by atoms with Crippen molar-refractivity contribution in [1.82, 2.24) is 0 Å². The van der Waals surface area contributed by atoms with Crippen molar-refractivity contribution in [2.75, 3.05) is 0 Å². The fraction of sp³-hybridized carbons (Fsp3) is 0.267. The Hall–Kier alpha value is -1.12. The molecule has 0 radical (unpaired) electrons. The molecule has 0 aliphatic carbocycles. The predicted molar refractivity (Wildman–Crippen MR) is 77.9 cm³/mol. The lowest BCUT2D eigenvalue weighted by Gasteiger charge is -2.18. The Morgan fingerprint density at radius 3 is 2.17 bits per heavy atom. The Balaban J connectivity index is 2.31. The number of rotatable bonds is 2. The van der Waals surface area contributed by atoms with Crippen LogP contribution >= 0.6 is 22.9 Å². The van der Waals surface area contributed by atoms with E-state index in [1.807, 2.05) is 29.6 Å². The summed E-state index contributed by atoms with van der Waals surface area (Å²) in [5.74, 6) is -0.00420. The largest absolute Gasteiger partial charge is 0.288 e. The molecule has 0 aliphatic rings. The van der Waals surface area contributed by atoms with Crippen LogP contribution in [0.1, 0.15) is 41.6 Å². The van der Waals surface area contributed by atoms with E-state index in [1.54, 1.807) is 6.07 Å². The average molecular weight is 279 g/mol. The lowest BCUT2D eigenvalue weighted by Crippen LogP contribution is -2.11. The molecule has 0 bridgehead atoms. The zero-order valence-electron chi connectivity index (χ0n) is 10.7. The lowest BCUT2D eigenvalue weighted by atomic mass is 9.86. The molecule has 0 saturated heterocycles. The monoisotopic (exact) mass is 278 g/mol. The highest BCUT2D eigenvalue weighted by atomic mass is 35.5. The van der Waals surface area contributed by atoms with E-state index in [1.165, 1.54) is 16.9 Å². The molecular formula is C15H15ClOS. The molecule has 0 unspecified atom stereocenters. The van der Waals surface area contributed by atoms with E-state index in [0.717, 1.165) is 0 Å². The van der Waals surface area contributed by atoms with Crippen LogP contribution in [0.2, 0.25) is 5.02 Å². The molecule has 1 heterocycles. The number of halogens is 1. The summed E-state index contributed by atoms with van der Waals surface area (Å²) in [7, 11) is 0. The Kier molecular flexibility index (Phi) is 3.60. The molecule has 0 atom stereocenters. The molecule has 0 spiro atoms. The predicted octanol–water partition coefficient (Wildman–Crippen LogP) is 4.93. The Morgan fingerprint density at radius 1 is 1.11 bits per heavy atom. The molecule has 0 N–H and O–H groups in total. The molecule has 3 heteroatoms. The number of carbonyl (C=O) groups excluding carboxylic acids is 1. The van der Waals surface area contributed by atoms with Crippen molar-refractivity contribution in [2.45, 2.75) is 26.2 Å². The number of thiophene rings is 1. The van der Waals surface area contributed by atoms with Crippen LogP contribution in [0.3, 0.4) is 0 Å². The topological polar surface area (TPSA) is 17.1 Å². The molecular weight excluding hydrogens is 264 g/mol. The van der Waals surface area contributed by atoms with Gasteiger partial charge in [0.25, 0.3) is 0 Å². The maximum absolute atomic E-state index is 12.2. The minimum atomic E-state index is -0.00420. The van der Waals surface area contributed by atoms with E-state index < -0.39 is 0 Å². The quantitative estimate of drug-likeness (QED) is 0.712. The van der Waals surface area contributed by atoms with Crippen LogP contribution in [0.15, 0.2) is 35.7 Å². The fourth-order valence-electron chi connectivity index (χ4n) is 1.71. The van der Waals surface area contributed by atoms with Gasteiger partial charge in [-0.15, -0.1) is 11.3 Å². The first kappa shape index (κ1) is 13.3. The highest BCUT2D eigenvalue weighted by molar-refractivity contribution is 7.13. The van der Waals surface area contributed by atoms with Crippen LogP contribution in [0.4, 0.5) is 0 Å². The molecule has 2 aromatic rings. The smallest absolute Gasteiger partial charge is 0.204 e. The summed E-state index contributed by atoms with van der Waals surface area (Å²) in [6.45, 7) is 6.46. The van der Waals surface area contributed by atoms with Gasteiger partial charge in [-0.05, 0) is 22.4 Å². The van der Waals surface area contributed by atoms with Crippen molar-refractivity contribution in [3.05, 3.63) is 56.7 Å². The summed E-state index contributed by atoms with van der Waals surface area (Å²) in [5.41, 5.74) is 2.01. The first-order valence-corrected chi connectivity index (χ1v) is 7.03. The summed E-state index contributed by atoms with van der Waals surface area (Å²) in [6, 6.07) is 9.52. The second kappa shape index (κ2) is 4.87. The van der Waals surface area contributed by atoms with Crippen molar-refractivity contribution in [2.24, 2.45) is 0 Å². The van der Waals surface area contributed by atoms with Crippen molar-refractivity contribution < 1.29 is 4.79 Å². The van der Waals surface area contributed by atoms with Crippen LogP contribution in [-0.4, -0.2) is 5.78 Å². The van der Waals surface area contributed by atoms with Gasteiger partial charge in [-0.1, -0.05) is 56.6 Å². The Morgan fingerprint density at radius 2 is 1.72 bits per heavy atom. The van der Waals surface area contributed by atoms with Gasteiger partial charge >= 0.3 is 0 Å². The maximum atomic E-state index is 12.2. The van der Waals surface area contributed by atoms with Crippen molar-refractivity contribution in [1.29, 1.82) is 0 Å². The number of benzene rings is 1. The Bertz CT molecular complexity index is 561. The van der Waals surface area contributed by atoms with Crippen LogP contribution in [-0.2, 0) is 5.41 Å². The molecule has 1 aromatic heterocycles. The summed E-state index contributed by atoms with van der Waals surface area (Å²) >= 11 is 7.36. The first-order valence-electron chi connectivity index (χ1n) is 5.78. The molecule has 0 fully saturated rings. The van der Waals surface area contributed by atoms with Gasteiger partial charge in [0.1, 0.15) is 0 Å². The normalized spacial score (nSPS) is 11.6. The summed E-state index contributed by atoms with van der Waals surface area (Å²) in [4.78, 5) is 12.8. The highest BCUT2D eigenvalue weighted by Gasteiger charge is 2.17. The third-order valence-electron chi connectivity index (χ3n) is 2.84. The second-order valence-corrected chi connectivity index (χ2v) is 6.58. The summed E-state index contributed by atoms with van der Waals surface area (Å²) < 4.78 is 0. The highest BCUT2D eigenvalue weighted by Crippen LogP contribution is 2.27. The molecule has 0 amide bonds. The molecule has 18 heavy (non-hydrogen) atoms. The van der Waals surface area contributed by atoms with Gasteiger partial charge in [-0.25, -0.2) is 0 Å². The van der Waals surface area contributed by atoms with E-state index in [-0.39, 0.29) is 11.2 Å². The van der Waals surface area contributed by atoms with Crippen LogP contribution in [0.25, 0.3) is 0 Å². The maximum Gasteiger partial charge on any atom is 0.204 e. The summed E-state index contributed by atoms with van der Waals surface area (Å²) in [6.07, 6.45) is 0. The van der Waals surface area contributed by atoms with E-state index in [9.17, 15) is 4.79 Å². The van der Waals surface area contributed by atoms with E-state index in [2.05, 4.69) is 20.8 Å². The zero-order chi connectivity index (χ0) is 13.3. The summed E-state index contributed by atoms with van der Waals surface area (Å²) in [5, 5.41) is 2.36. The number of hydrogen-bond acceptors (Lipinski definition) is 2. The van der Waals surface area contributed by atoms with Gasteiger partial charge in [-0.3, -0.25) is 4.79 Å². The van der Waals surface area contributed by atoms with Gasteiger partial charge < -0.3 is 0 Å². The van der Waals surface area contributed by atoms with Gasteiger partial charge in [0.05, 0.1) is 9.90 Å².